The largest absolute Gasteiger partial charge is 0.372 e. The highest BCUT2D eigenvalue weighted by atomic mass is 15.1. The van der Waals surface area contributed by atoms with Gasteiger partial charge in [-0.25, -0.2) is 0 Å². The maximum absolute atomic E-state index is 3.53. The van der Waals surface area contributed by atoms with Crippen LogP contribution < -0.4 is 10.2 Å². The van der Waals surface area contributed by atoms with Gasteiger partial charge >= 0.3 is 0 Å². The summed E-state index contributed by atoms with van der Waals surface area (Å²) < 4.78 is 0. The zero-order chi connectivity index (χ0) is 15.8. The van der Waals surface area contributed by atoms with E-state index < -0.39 is 0 Å². The zero-order valence-corrected chi connectivity index (χ0v) is 14.9. The minimum atomic E-state index is 0.704. The maximum atomic E-state index is 3.53. The monoisotopic (exact) mass is 290 g/mol. The second kappa shape index (κ2) is 9.09. The van der Waals surface area contributed by atoms with Crippen molar-refractivity contribution in [3.05, 3.63) is 29.3 Å². The smallest absolute Gasteiger partial charge is 0.0369 e. The highest BCUT2D eigenvalue weighted by Crippen LogP contribution is 2.21. The first-order valence-corrected chi connectivity index (χ1v) is 8.53. The molecule has 0 aliphatic heterocycles. The Morgan fingerprint density at radius 2 is 1.86 bits per heavy atom. The quantitative estimate of drug-likeness (QED) is 0.714. The van der Waals surface area contributed by atoms with Gasteiger partial charge in [-0.2, -0.15) is 0 Å². The maximum Gasteiger partial charge on any atom is 0.0369 e. The van der Waals surface area contributed by atoms with Gasteiger partial charge in [0.2, 0.25) is 0 Å². The summed E-state index contributed by atoms with van der Waals surface area (Å²) in [5, 5.41) is 3.53. The molecule has 0 heterocycles. The van der Waals surface area contributed by atoms with Gasteiger partial charge < -0.3 is 10.2 Å². The Balaban J connectivity index is 2.71. The summed E-state index contributed by atoms with van der Waals surface area (Å²) in [4.78, 5) is 2.49. The second-order valence-corrected chi connectivity index (χ2v) is 6.69. The van der Waals surface area contributed by atoms with E-state index in [0.717, 1.165) is 32.1 Å². The van der Waals surface area contributed by atoms with Crippen molar-refractivity contribution in [1.82, 2.24) is 5.32 Å². The average Bonchev–Trinajstić information content (AvgIpc) is 2.45. The van der Waals surface area contributed by atoms with E-state index in [-0.39, 0.29) is 0 Å². The standard InChI is InChI=1S/C19H34N2/c1-7-16(5)14-21(8-2)19-10-9-18(17(6)11-19)13-20-12-15(3)4/h9-11,15-16,20H,7-8,12-14H2,1-6H3. The predicted octanol–water partition coefficient (Wildman–Crippen LogP) is 4.61. The van der Waals surface area contributed by atoms with Crippen LogP contribution in [0.15, 0.2) is 18.2 Å². The predicted molar refractivity (Wildman–Crippen MR) is 95.1 cm³/mol. The summed E-state index contributed by atoms with van der Waals surface area (Å²) in [7, 11) is 0. The van der Waals surface area contributed by atoms with Gasteiger partial charge in [0.15, 0.2) is 0 Å². The molecule has 0 saturated heterocycles. The summed E-state index contributed by atoms with van der Waals surface area (Å²) in [6.45, 7) is 17.9. The first kappa shape index (κ1) is 18.0. The molecule has 1 N–H and O–H groups in total. The fraction of sp³-hybridized carbons (Fsp3) is 0.684. The van der Waals surface area contributed by atoms with Crippen molar-refractivity contribution in [2.75, 3.05) is 24.5 Å². The first-order valence-electron chi connectivity index (χ1n) is 8.53. The molecule has 0 aliphatic carbocycles. The molecule has 1 aromatic rings. The number of rotatable bonds is 9. The van der Waals surface area contributed by atoms with Crippen LogP contribution in [0.2, 0.25) is 0 Å². The molecule has 120 valence electrons. The van der Waals surface area contributed by atoms with Gasteiger partial charge in [0.25, 0.3) is 0 Å². The van der Waals surface area contributed by atoms with E-state index in [9.17, 15) is 0 Å². The topological polar surface area (TPSA) is 15.3 Å². The van der Waals surface area contributed by atoms with Crippen LogP contribution in [0.4, 0.5) is 5.69 Å². The van der Waals surface area contributed by atoms with Crippen molar-refractivity contribution in [2.45, 2.75) is 54.5 Å². The zero-order valence-electron chi connectivity index (χ0n) is 14.9. The van der Waals surface area contributed by atoms with Crippen molar-refractivity contribution in [2.24, 2.45) is 11.8 Å². The molecular formula is C19H34N2. The normalized spacial score (nSPS) is 12.7. The molecule has 1 unspecified atom stereocenters. The van der Waals surface area contributed by atoms with Crippen molar-refractivity contribution in [1.29, 1.82) is 0 Å². The van der Waals surface area contributed by atoms with Crippen LogP contribution >= 0.6 is 0 Å². The fourth-order valence-corrected chi connectivity index (χ4v) is 2.49. The molecule has 0 bridgehead atoms. The number of aryl methyl sites for hydroxylation is 1. The molecule has 2 heteroatoms. The van der Waals surface area contributed by atoms with Crippen LogP contribution in [-0.4, -0.2) is 19.6 Å². The van der Waals surface area contributed by atoms with Gasteiger partial charge in [-0.3, -0.25) is 0 Å². The lowest BCUT2D eigenvalue weighted by atomic mass is 10.1. The lowest BCUT2D eigenvalue weighted by Crippen LogP contribution is -2.28. The summed E-state index contributed by atoms with van der Waals surface area (Å²) in [5.74, 6) is 1.45. The number of benzene rings is 1. The van der Waals surface area contributed by atoms with Crippen molar-refractivity contribution < 1.29 is 0 Å². The van der Waals surface area contributed by atoms with E-state index in [0.29, 0.717) is 5.92 Å². The van der Waals surface area contributed by atoms with E-state index >= 15 is 0 Å². The van der Waals surface area contributed by atoms with Crippen molar-refractivity contribution in [3.63, 3.8) is 0 Å². The third-order valence-corrected chi connectivity index (χ3v) is 4.17. The summed E-state index contributed by atoms with van der Waals surface area (Å²) in [6, 6.07) is 6.92. The Kier molecular flexibility index (Phi) is 7.81. The van der Waals surface area contributed by atoms with Gasteiger partial charge in [-0.15, -0.1) is 0 Å². The molecule has 0 radical (unpaired) electrons. The summed E-state index contributed by atoms with van der Waals surface area (Å²) in [6.07, 6.45) is 1.24. The van der Waals surface area contributed by atoms with Gasteiger partial charge in [0, 0.05) is 25.3 Å². The van der Waals surface area contributed by atoms with Gasteiger partial charge in [0.1, 0.15) is 0 Å². The summed E-state index contributed by atoms with van der Waals surface area (Å²) >= 11 is 0. The van der Waals surface area contributed by atoms with Crippen LogP contribution in [0.1, 0.15) is 52.2 Å². The minimum absolute atomic E-state index is 0.704. The Labute approximate surface area is 131 Å². The van der Waals surface area contributed by atoms with Crippen LogP contribution in [-0.2, 0) is 6.54 Å². The SMILES string of the molecule is CCC(C)CN(CC)c1ccc(CNCC(C)C)c(C)c1. The molecule has 1 aromatic carbocycles. The van der Waals surface area contributed by atoms with Crippen molar-refractivity contribution in [3.8, 4) is 0 Å². The molecular weight excluding hydrogens is 256 g/mol. The molecule has 0 aliphatic rings. The lowest BCUT2D eigenvalue weighted by molar-refractivity contribution is 0.547. The molecule has 0 aromatic heterocycles. The molecule has 1 rings (SSSR count). The highest BCUT2D eigenvalue weighted by molar-refractivity contribution is 5.50. The van der Waals surface area contributed by atoms with E-state index in [1.807, 2.05) is 0 Å². The van der Waals surface area contributed by atoms with E-state index in [2.05, 4.69) is 70.0 Å². The van der Waals surface area contributed by atoms with Crippen LogP contribution in [0.5, 0.6) is 0 Å². The number of nitrogens with zero attached hydrogens (tertiary/aromatic N) is 1. The van der Waals surface area contributed by atoms with E-state index in [1.54, 1.807) is 0 Å². The van der Waals surface area contributed by atoms with Crippen LogP contribution in [0, 0.1) is 18.8 Å². The first-order chi connectivity index (χ1) is 9.97. The van der Waals surface area contributed by atoms with Gasteiger partial charge in [-0.05, 0) is 55.5 Å². The number of hydrogen-bond acceptors (Lipinski definition) is 2. The Morgan fingerprint density at radius 1 is 1.14 bits per heavy atom. The number of hydrogen-bond donors (Lipinski definition) is 1. The van der Waals surface area contributed by atoms with Crippen LogP contribution in [0.25, 0.3) is 0 Å². The number of anilines is 1. The Morgan fingerprint density at radius 3 is 2.38 bits per heavy atom. The second-order valence-electron chi connectivity index (χ2n) is 6.69. The average molecular weight is 290 g/mol. The number of nitrogens with one attached hydrogen (secondary N) is 1. The van der Waals surface area contributed by atoms with Crippen LogP contribution in [0.3, 0.4) is 0 Å². The Bertz CT molecular complexity index is 412. The summed E-state index contributed by atoms with van der Waals surface area (Å²) in [5.41, 5.74) is 4.17. The molecule has 21 heavy (non-hydrogen) atoms. The molecule has 2 nitrogen and oxygen atoms in total. The minimum Gasteiger partial charge on any atom is -0.372 e. The molecule has 0 saturated carbocycles. The third kappa shape index (κ3) is 6.09. The van der Waals surface area contributed by atoms with Crippen molar-refractivity contribution >= 4 is 5.69 Å². The lowest BCUT2D eigenvalue weighted by Gasteiger charge is -2.27. The Hall–Kier alpha value is -1.02. The fourth-order valence-electron chi connectivity index (χ4n) is 2.49. The van der Waals surface area contributed by atoms with Gasteiger partial charge in [0.05, 0.1) is 0 Å². The highest BCUT2D eigenvalue weighted by Gasteiger charge is 2.09. The molecule has 1 atom stereocenters. The van der Waals surface area contributed by atoms with Gasteiger partial charge in [-0.1, -0.05) is 40.2 Å². The molecule has 0 fully saturated rings. The van der Waals surface area contributed by atoms with E-state index in [4.69, 9.17) is 0 Å². The molecule has 0 spiro atoms. The third-order valence-electron chi connectivity index (χ3n) is 4.17. The molecule has 0 amide bonds. The van der Waals surface area contributed by atoms with E-state index in [1.165, 1.54) is 23.2 Å².